The van der Waals surface area contributed by atoms with Gasteiger partial charge in [-0.25, -0.2) is 8.78 Å². The van der Waals surface area contributed by atoms with Crippen molar-refractivity contribution in [1.29, 1.82) is 0 Å². The van der Waals surface area contributed by atoms with Crippen LogP contribution in [-0.4, -0.2) is 37.0 Å². The lowest BCUT2D eigenvalue weighted by molar-refractivity contribution is 0.0951. The van der Waals surface area contributed by atoms with E-state index in [1.165, 1.54) is 24.3 Å². The molecule has 31 heavy (non-hydrogen) atoms. The first kappa shape index (κ1) is 21.0. The Morgan fingerprint density at radius 2 is 1.52 bits per heavy atom. The third-order valence-electron chi connectivity index (χ3n) is 5.53. The number of carbonyl (C=O) groups is 1. The fourth-order valence-electron chi connectivity index (χ4n) is 3.77. The van der Waals surface area contributed by atoms with Crippen LogP contribution in [0.25, 0.3) is 0 Å². The van der Waals surface area contributed by atoms with E-state index < -0.39 is 0 Å². The second-order valence-corrected chi connectivity index (χ2v) is 7.75. The van der Waals surface area contributed by atoms with Gasteiger partial charge in [0.05, 0.1) is 0 Å². The Balaban J connectivity index is 1.26. The van der Waals surface area contributed by atoms with Gasteiger partial charge in [0.2, 0.25) is 0 Å². The van der Waals surface area contributed by atoms with Crippen LogP contribution in [-0.2, 0) is 13.1 Å². The minimum absolute atomic E-state index is 0.177. The normalized spacial score (nSPS) is 14.5. The number of anilines is 1. The fourth-order valence-corrected chi connectivity index (χ4v) is 3.77. The molecule has 4 rings (SSSR count). The number of rotatable bonds is 6. The van der Waals surface area contributed by atoms with Crippen LogP contribution in [0.2, 0.25) is 0 Å². The third-order valence-corrected chi connectivity index (χ3v) is 5.53. The molecule has 1 heterocycles. The van der Waals surface area contributed by atoms with Crippen LogP contribution in [0, 0.1) is 11.6 Å². The zero-order valence-electron chi connectivity index (χ0n) is 17.2. The Bertz CT molecular complexity index is 1010. The van der Waals surface area contributed by atoms with Crippen LogP contribution in [0.5, 0.6) is 0 Å². The van der Waals surface area contributed by atoms with E-state index in [4.69, 9.17) is 0 Å². The van der Waals surface area contributed by atoms with Gasteiger partial charge in [-0.1, -0.05) is 24.3 Å². The number of amides is 1. The van der Waals surface area contributed by atoms with Gasteiger partial charge < -0.3 is 10.2 Å². The number of carbonyl (C=O) groups excluding carboxylic acids is 1. The van der Waals surface area contributed by atoms with Gasteiger partial charge in [0.15, 0.2) is 0 Å². The Hall–Kier alpha value is -3.25. The van der Waals surface area contributed by atoms with Crippen molar-refractivity contribution < 1.29 is 13.6 Å². The number of nitrogens with one attached hydrogen (secondary N) is 1. The van der Waals surface area contributed by atoms with Gasteiger partial charge in [-0.05, 0) is 59.7 Å². The second-order valence-electron chi connectivity index (χ2n) is 7.75. The molecule has 3 aromatic carbocycles. The first-order chi connectivity index (χ1) is 15.1. The molecule has 0 bridgehead atoms. The molecule has 0 radical (unpaired) electrons. The molecule has 3 aromatic rings. The molecule has 0 saturated carbocycles. The molecule has 1 amide bonds. The number of nitrogens with zero attached hydrogens (tertiary/aromatic N) is 2. The molecule has 1 aliphatic heterocycles. The summed E-state index contributed by atoms with van der Waals surface area (Å²) in [5, 5.41) is 2.82. The highest BCUT2D eigenvalue weighted by Crippen LogP contribution is 2.18. The Labute approximate surface area is 181 Å². The van der Waals surface area contributed by atoms with Crippen molar-refractivity contribution in [2.75, 3.05) is 31.1 Å². The molecule has 0 spiro atoms. The summed E-state index contributed by atoms with van der Waals surface area (Å²) >= 11 is 0. The molecule has 1 aliphatic rings. The lowest BCUT2D eigenvalue weighted by Gasteiger charge is -2.36. The molecule has 6 heteroatoms. The predicted molar refractivity (Wildman–Crippen MR) is 118 cm³/mol. The first-order valence-corrected chi connectivity index (χ1v) is 10.4. The summed E-state index contributed by atoms with van der Waals surface area (Å²) < 4.78 is 26.3. The molecule has 1 N–H and O–H groups in total. The molecule has 160 valence electrons. The van der Waals surface area contributed by atoms with Crippen molar-refractivity contribution in [3.63, 3.8) is 0 Å². The van der Waals surface area contributed by atoms with Crippen molar-refractivity contribution in [2.45, 2.75) is 13.1 Å². The zero-order valence-corrected chi connectivity index (χ0v) is 17.2. The van der Waals surface area contributed by atoms with Gasteiger partial charge in [0, 0.05) is 50.5 Å². The van der Waals surface area contributed by atoms with Crippen LogP contribution in [0.15, 0.2) is 72.8 Å². The summed E-state index contributed by atoms with van der Waals surface area (Å²) in [6.45, 7) is 4.75. The average molecular weight is 421 g/mol. The molecule has 1 saturated heterocycles. The number of halogens is 2. The summed E-state index contributed by atoms with van der Waals surface area (Å²) in [5.74, 6) is -0.702. The van der Waals surface area contributed by atoms with Gasteiger partial charge in [0.1, 0.15) is 11.6 Å². The summed E-state index contributed by atoms with van der Waals surface area (Å²) in [7, 11) is 0. The summed E-state index contributed by atoms with van der Waals surface area (Å²) in [6, 6.07) is 20.4. The van der Waals surface area contributed by atoms with Gasteiger partial charge in [-0.15, -0.1) is 0 Å². The highest BCUT2D eigenvalue weighted by molar-refractivity contribution is 5.94. The van der Waals surface area contributed by atoms with Crippen LogP contribution >= 0.6 is 0 Å². The highest BCUT2D eigenvalue weighted by Gasteiger charge is 2.17. The Kier molecular flexibility index (Phi) is 6.57. The topological polar surface area (TPSA) is 35.6 Å². The quantitative estimate of drug-likeness (QED) is 0.648. The predicted octanol–water partition coefficient (Wildman–Crippen LogP) is 4.22. The van der Waals surface area contributed by atoms with Crippen LogP contribution < -0.4 is 10.2 Å². The molecule has 4 nitrogen and oxygen atoms in total. The van der Waals surface area contributed by atoms with Crippen molar-refractivity contribution >= 4 is 11.6 Å². The van der Waals surface area contributed by atoms with E-state index in [1.54, 1.807) is 12.1 Å². The lowest BCUT2D eigenvalue weighted by Crippen LogP contribution is -2.45. The standard InChI is InChI=1S/C25H25F2N3O/c26-22-8-10-24(11-9-22)30-14-12-29(13-15-30)18-19-4-6-21(7-5-19)25(31)28-17-20-2-1-3-23(27)16-20/h1-11,16H,12-15,17-18H2,(H,28,31). The highest BCUT2D eigenvalue weighted by atomic mass is 19.1. The maximum Gasteiger partial charge on any atom is 0.251 e. The van der Waals surface area contributed by atoms with Crippen LogP contribution in [0.3, 0.4) is 0 Å². The summed E-state index contributed by atoms with van der Waals surface area (Å²) in [4.78, 5) is 17.0. The van der Waals surface area contributed by atoms with E-state index in [0.29, 0.717) is 5.56 Å². The van der Waals surface area contributed by atoms with E-state index >= 15 is 0 Å². The molecular formula is C25H25F2N3O. The van der Waals surface area contributed by atoms with Crippen molar-refractivity contribution in [1.82, 2.24) is 10.2 Å². The Morgan fingerprint density at radius 1 is 0.806 bits per heavy atom. The lowest BCUT2D eigenvalue weighted by atomic mass is 10.1. The van der Waals surface area contributed by atoms with Gasteiger partial charge >= 0.3 is 0 Å². The first-order valence-electron chi connectivity index (χ1n) is 10.4. The second kappa shape index (κ2) is 9.71. The number of hydrogen-bond acceptors (Lipinski definition) is 3. The monoisotopic (exact) mass is 421 g/mol. The molecule has 1 fully saturated rings. The minimum atomic E-state index is -0.311. The third kappa shape index (κ3) is 5.67. The maximum atomic E-state index is 13.2. The number of hydrogen-bond donors (Lipinski definition) is 1. The van der Waals surface area contributed by atoms with E-state index in [-0.39, 0.29) is 24.1 Å². The molecule has 0 aromatic heterocycles. The fraction of sp³-hybridized carbons (Fsp3) is 0.240. The molecular weight excluding hydrogens is 396 g/mol. The average Bonchev–Trinajstić information content (AvgIpc) is 2.79. The molecule has 0 unspecified atom stereocenters. The van der Waals surface area contributed by atoms with Crippen molar-refractivity contribution in [2.24, 2.45) is 0 Å². The van der Waals surface area contributed by atoms with E-state index in [1.807, 2.05) is 36.4 Å². The molecule has 0 aliphatic carbocycles. The largest absolute Gasteiger partial charge is 0.369 e. The molecule has 0 atom stereocenters. The van der Waals surface area contributed by atoms with E-state index in [0.717, 1.165) is 49.5 Å². The van der Waals surface area contributed by atoms with Crippen molar-refractivity contribution in [3.05, 3.63) is 101 Å². The number of benzene rings is 3. The van der Waals surface area contributed by atoms with E-state index in [9.17, 15) is 13.6 Å². The summed E-state index contributed by atoms with van der Waals surface area (Å²) in [6.07, 6.45) is 0. The van der Waals surface area contributed by atoms with Crippen molar-refractivity contribution in [3.8, 4) is 0 Å². The number of piperazine rings is 1. The minimum Gasteiger partial charge on any atom is -0.369 e. The van der Waals surface area contributed by atoms with Gasteiger partial charge in [0.25, 0.3) is 5.91 Å². The van der Waals surface area contributed by atoms with E-state index in [2.05, 4.69) is 15.1 Å². The van der Waals surface area contributed by atoms with Gasteiger partial charge in [-0.2, -0.15) is 0 Å². The SMILES string of the molecule is O=C(NCc1cccc(F)c1)c1ccc(CN2CCN(c3ccc(F)cc3)CC2)cc1. The Morgan fingerprint density at radius 3 is 2.19 bits per heavy atom. The smallest absolute Gasteiger partial charge is 0.251 e. The summed E-state index contributed by atoms with van der Waals surface area (Å²) in [5.41, 5.74) is 3.51. The van der Waals surface area contributed by atoms with Crippen LogP contribution in [0.1, 0.15) is 21.5 Å². The van der Waals surface area contributed by atoms with Crippen LogP contribution in [0.4, 0.5) is 14.5 Å². The maximum absolute atomic E-state index is 13.2. The van der Waals surface area contributed by atoms with Gasteiger partial charge in [-0.3, -0.25) is 9.69 Å². The zero-order chi connectivity index (χ0) is 21.6.